The van der Waals surface area contributed by atoms with Crippen molar-refractivity contribution in [1.29, 1.82) is 0 Å². The van der Waals surface area contributed by atoms with Crippen LogP contribution in [-0.4, -0.2) is 46.3 Å². The minimum Gasteiger partial charge on any atom is -0.493 e. The number of carboxylic acids is 1. The van der Waals surface area contributed by atoms with Crippen molar-refractivity contribution >= 4 is 15.8 Å². The summed E-state index contributed by atoms with van der Waals surface area (Å²) in [6.45, 7) is 0. The second-order valence-corrected chi connectivity index (χ2v) is 5.94. The highest BCUT2D eigenvalue weighted by Crippen LogP contribution is 2.28. The first kappa shape index (κ1) is 16.3. The number of carboxylic acid groups (broad SMARTS) is 1. The molecule has 0 heterocycles. The Kier molecular flexibility index (Phi) is 5.34. The van der Waals surface area contributed by atoms with Crippen LogP contribution in [0.3, 0.4) is 0 Å². The van der Waals surface area contributed by atoms with Gasteiger partial charge < -0.3 is 19.3 Å². The smallest absolute Gasteiger partial charge is 0.348 e. The van der Waals surface area contributed by atoms with Crippen molar-refractivity contribution in [3.8, 4) is 11.5 Å². The topological polar surface area (TPSA) is 99.1 Å². The van der Waals surface area contributed by atoms with Gasteiger partial charge >= 0.3 is 5.97 Å². The molecule has 0 radical (unpaired) electrons. The Morgan fingerprint density at radius 1 is 1.20 bits per heavy atom. The lowest BCUT2D eigenvalue weighted by Gasteiger charge is -2.13. The van der Waals surface area contributed by atoms with Crippen molar-refractivity contribution in [2.45, 2.75) is 11.2 Å². The van der Waals surface area contributed by atoms with Crippen molar-refractivity contribution in [2.24, 2.45) is 0 Å². The fourth-order valence-corrected chi connectivity index (χ4v) is 3.08. The molecule has 0 aliphatic heterocycles. The summed E-state index contributed by atoms with van der Waals surface area (Å²) in [7, 11) is -0.0748. The summed E-state index contributed by atoms with van der Waals surface area (Å²) < 4.78 is 38.5. The summed E-state index contributed by atoms with van der Waals surface area (Å²) >= 11 is 0. The summed E-state index contributed by atoms with van der Waals surface area (Å²) in [6, 6.07) is 4.55. The van der Waals surface area contributed by atoms with Crippen LogP contribution < -0.4 is 9.47 Å². The van der Waals surface area contributed by atoms with Gasteiger partial charge in [-0.3, -0.25) is 0 Å². The molecule has 0 aliphatic carbocycles. The number of benzene rings is 1. The van der Waals surface area contributed by atoms with Crippen molar-refractivity contribution in [1.82, 2.24) is 0 Å². The first-order valence-electron chi connectivity index (χ1n) is 5.53. The summed E-state index contributed by atoms with van der Waals surface area (Å²) in [4.78, 5) is 10.8. The molecule has 0 aromatic heterocycles. The Morgan fingerprint density at radius 2 is 1.80 bits per heavy atom. The highest BCUT2D eigenvalue weighted by molar-refractivity contribution is 7.91. The zero-order valence-electron chi connectivity index (χ0n) is 11.3. The van der Waals surface area contributed by atoms with E-state index in [2.05, 4.69) is 4.74 Å². The normalized spacial score (nSPS) is 12.8. The van der Waals surface area contributed by atoms with Crippen LogP contribution in [-0.2, 0) is 25.1 Å². The molecule has 1 aromatic rings. The predicted molar refractivity (Wildman–Crippen MR) is 70.6 cm³/mol. The Hall–Kier alpha value is -1.80. The van der Waals surface area contributed by atoms with Gasteiger partial charge in [0.25, 0.3) is 5.44 Å². The van der Waals surface area contributed by atoms with Crippen LogP contribution in [0.1, 0.15) is 5.56 Å². The SMILES string of the molecule is COc1ccc(CS(=O)(=O)C(OC)C(=O)O)cc1OC. The maximum absolute atomic E-state index is 11.9. The predicted octanol–water partition coefficient (Wildman–Crippen LogP) is 0.676. The first-order chi connectivity index (χ1) is 9.35. The number of sulfone groups is 1. The fourth-order valence-electron chi connectivity index (χ4n) is 1.68. The third-order valence-corrected chi connectivity index (χ3v) is 4.34. The molecular weight excluding hydrogens is 288 g/mol. The Labute approximate surface area is 117 Å². The Balaban J connectivity index is 3.06. The molecule has 0 saturated heterocycles. The van der Waals surface area contributed by atoms with Gasteiger partial charge in [0.1, 0.15) is 0 Å². The number of rotatable bonds is 7. The number of hydrogen-bond donors (Lipinski definition) is 1. The van der Waals surface area contributed by atoms with Crippen LogP contribution in [0.4, 0.5) is 0 Å². The van der Waals surface area contributed by atoms with Crippen LogP contribution in [0.5, 0.6) is 11.5 Å². The molecule has 1 atom stereocenters. The maximum Gasteiger partial charge on any atom is 0.348 e. The lowest BCUT2D eigenvalue weighted by Crippen LogP contribution is -2.32. The number of methoxy groups -OCH3 is 3. The number of aliphatic carboxylic acids is 1. The Bertz CT molecular complexity index is 579. The molecule has 0 amide bonds. The fraction of sp³-hybridized carbons (Fsp3) is 0.417. The molecule has 0 aliphatic rings. The van der Waals surface area contributed by atoms with E-state index in [4.69, 9.17) is 14.6 Å². The minimum atomic E-state index is -3.99. The molecule has 1 N–H and O–H groups in total. The van der Waals surface area contributed by atoms with Gasteiger partial charge in [-0.25, -0.2) is 13.2 Å². The van der Waals surface area contributed by atoms with Crippen molar-refractivity contribution in [3.05, 3.63) is 23.8 Å². The summed E-state index contributed by atoms with van der Waals surface area (Å²) in [5.74, 6) is -1.20. The molecule has 0 saturated carbocycles. The summed E-state index contributed by atoms with van der Waals surface area (Å²) in [5.41, 5.74) is -1.51. The standard InChI is InChI=1S/C12H16O7S/c1-17-9-5-4-8(6-10(9)18-2)7-20(15,16)12(19-3)11(13)14/h4-6,12H,7H2,1-3H3,(H,13,14). The molecule has 0 spiro atoms. The first-order valence-corrected chi connectivity index (χ1v) is 7.25. The molecule has 1 rings (SSSR count). The van der Waals surface area contributed by atoms with Gasteiger partial charge in [0.05, 0.1) is 20.0 Å². The largest absolute Gasteiger partial charge is 0.493 e. The second-order valence-electron chi connectivity index (χ2n) is 3.90. The molecule has 8 heteroatoms. The number of ether oxygens (including phenoxy) is 3. The van der Waals surface area contributed by atoms with E-state index in [9.17, 15) is 13.2 Å². The molecular formula is C12H16O7S. The molecule has 1 aromatic carbocycles. The number of carbonyl (C=O) groups is 1. The maximum atomic E-state index is 11.9. The number of hydrogen-bond acceptors (Lipinski definition) is 6. The van der Waals surface area contributed by atoms with E-state index in [1.54, 1.807) is 6.07 Å². The van der Waals surface area contributed by atoms with Gasteiger partial charge in [0.2, 0.25) is 0 Å². The monoisotopic (exact) mass is 304 g/mol. The van der Waals surface area contributed by atoms with Gasteiger partial charge in [-0.2, -0.15) is 0 Å². The van der Waals surface area contributed by atoms with Gasteiger partial charge in [-0.05, 0) is 17.7 Å². The van der Waals surface area contributed by atoms with E-state index >= 15 is 0 Å². The van der Waals surface area contributed by atoms with E-state index in [1.807, 2.05) is 0 Å². The van der Waals surface area contributed by atoms with E-state index in [1.165, 1.54) is 26.4 Å². The van der Waals surface area contributed by atoms with Gasteiger partial charge in [0.15, 0.2) is 21.3 Å². The third kappa shape index (κ3) is 3.61. The van der Waals surface area contributed by atoms with Crippen LogP contribution in [0.15, 0.2) is 18.2 Å². The molecule has 1 unspecified atom stereocenters. The molecule has 0 bridgehead atoms. The van der Waals surface area contributed by atoms with E-state index in [0.29, 0.717) is 17.1 Å². The third-order valence-electron chi connectivity index (χ3n) is 2.56. The summed E-state index contributed by atoms with van der Waals surface area (Å²) in [5, 5.41) is 8.82. The highest BCUT2D eigenvalue weighted by atomic mass is 32.2. The lowest BCUT2D eigenvalue weighted by molar-refractivity contribution is -0.143. The van der Waals surface area contributed by atoms with E-state index in [0.717, 1.165) is 7.11 Å². The molecule has 0 fully saturated rings. The average molecular weight is 304 g/mol. The van der Waals surface area contributed by atoms with Crippen LogP contribution in [0.2, 0.25) is 0 Å². The van der Waals surface area contributed by atoms with E-state index < -0.39 is 27.0 Å². The highest BCUT2D eigenvalue weighted by Gasteiger charge is 2.32. The summed E-state index contributed by atoms with van der Waals surface area (Å²) in [6.07, 6.45) is 0. The van der Waals surface area contributed by atoms with Gasteiger partial charge in [0, 0.05) is 7.11 Å². The van der Waals surface area contributed by atoms with Crippen LogP contribution >= 0.6 is 0 Å². The van der Waals surface area contributed by atoms with Crippen LogP contribution in [0.25, 0.3) is 0 Å². The van der Waals surface area contributed by atoms with Crippen LogP contribution in [0, 0.1) is 0 Å². The second kappa shape index (κ2) is 6.58. The van der Waals surface area contributed by atoms with Crippen molar-refractivity contribution in [2.75, 3.05) is 21.3 Å². The zero-order valence-corrected chi connectivity index (χ0v) is 12.1. The van der Waals surface area contributed by atoms with Crippen molar-refractivity contribution < 1.29 is 32.5 Å². The van der Waals surface area contributed by atoms with E-state index in [-0.39, 0.29) is 0 Å². The molecule has 7 nitrogen and oxygen atoms in total. The van der Waals surface area contributed by atoms with Gasteiger partial charge in [-0.15, -0.1) is 0 Å². The molecule has 112 valence electrons. The lowest BCUT2D eigenvalue weighted by atomic mass is 10.2. The minimum absolute atomic E-state index is 0.365. The van der Waals surface area contributed by atoms with Gasteiger partial charge in [-0.1, -0.05) is 6.07 Å². The quantitative estimate of drug-likeness (QED) is 0.790. The van der Waals surface area contributed by atoms with Crippen molar-refractivity contribution in [3.63, 3.8) is 0 Å². The average Bonchev–Trinajstić information content (AvgIpc) is 2.37. The Morgan fingerprint density at radius 3 is 2.25 bits per heavy atom. The molecule has 20 heavy (non-hydrogen) atoms. The zero-order chi connectivity index (χ0) is 15.3.